The Bertz CT molecular complexity index is 222. The molecule has 1 fully saturated rings. The van der Waals surface area contributed by atoms with Gasteiger partial charge in [-0.2, -0.15) is 0 Å². The first-order valence-corrected chi connectivity index (χ1v) is 7.18. The van der Waals surface area contributed by atoms with Crippen molar-refractivity contribution in [3.63, 3.8) is 0 Å². The fraction of sp³-hybridized carbons (Fsp3) is 0.929. The van der Waals surface area contributed by atoms with Crippen LogP contribution in [-0.4, -0.2) is 25.0 Å². The molecule has 1 atom stereocenters. The van der Waals surface area contributed by atoms with Crippen molar-refractivity contribution in [2.75, 3.05) is 13.1 Å². The molecule has 0 bridgehead atoms. The molecule has 1 rings (SSSR count). The molecule has 17 heavy (non-hydrogen) atoms. The Morgan fingerprint density at radius 3 is 2.41 bits per heavy atom. The summed E-state index contributed by atoms with van der Waals surface area (Å²) in [6, 6.07) is 0.425. The summed E-state index contributed by atoms with van der Waals surface area (Å²) in [5.41, 5.74) is 0. The predicted octanol–water partition coefficient (Wildman–Crippen LogP) is 2.32. The van der Waals surface area contributed by atoms with Gasteiger partial charge in [0.25, 0.3) is 0 Å². The van der Waals surface area contributed by atoms with E-state index in [1.165, 1.54) is 19.3 Å². The Morgan fingerprint density at radius 2 is 1.88 bits per heavy atom. The lowest BCUT2D eigenvalue weighted by molar-refractivity contribution is -0.125. The average Bonchev–Trinajstić information content (AvgIpc) is 2.36. The normalized spacial score (nSPS) is 26.5. The second-order valence-electron chi connectivity index (χ2n) is 5.34. The lowest BCUT2D eigenvalue weighted by atomic mass is 9.84. The minimum absolute atomic E-state index is 0.0823. The van der Waals surface area contributed by atoms with Gasteiger partial charge >= 0.3 is 0 Å². The predicted molar refractivity (Wildman–Crippen MR) is 71.9 cm³/mol. The summed E-state index contributed by atoms with van der Waals surface area (Å²) in [5, 5.41) is 6.41. The van der Waals surface area contributed by atoms with E-state index in [2.05, 4.69) is 24.5 Å². The van der Waals surface area contributed by atoms with Crippen LogP contribution in [0.4, 0.5) is 0 Å². The maximum Gasteiger partial charge on any atom is 0.224 e. The van der Waals surface area contributed by atoms with E-state index in [0.717, 1.165) is 31.8 Å². The van der Waals surface area contributed by atoms with Crippen molar-refractivity contribution < 1.29 is 4.79 Å². The Morgan fingerprint density at radius 1 is 1.24 bits per heavy atom. The minimum Gasteiger partial charge on any atom is -0.353 e. The van der Waals surface area contributed by atoms with Gasteiger partial charge in [0.2, 0.25) is 5.91 Å². The van der Waals surface area contributed by atoms with Crippen molar-refractivity contribution in [1.29, 1.82) is 0 Å². The molecule has 3 heteroatoms. The summed E-state index contributed by atoms with van der Waals surface area (Å²) in [7, 11) is 0. The molecule has 0 saturated heterocycles. The number of rotatable bonds is 6. The lowest BCUT2D eigenvalue weighted by Crippen LogP contribution is -2.42. The molecule has 0 aromatic carbocycles. The van der Waals surface area contributed by atoms with E-state index in [9.17, 15) is 4.79 Å². The van der Waals surface area contributed by atoms with Crippen molar-refractivity contribution in [2.24, 2.45) is 11.8 Å². The van der Waals surface area contributed by atoms with Gasteiger partial charge in [0, 0.05) is 18.5 Å². The van der Waals surface area contributed by atoms with E-state index in [-0.39, 0.29) is 11.8 Å². The van der Waals surface area contributed by atoms with E-state index < -0.39 is 0 Å². The Kier molecular flexibility index (Phi) is 6.56. The largest absolute Gasteiger partial charge is 0.353 e. The van der Waals surface area contributed by atoms with Crippen molar-refractivity contribution in [2.45, 2.75) is 58.9 Å². The monoisotopic (exact) mass is 240 g/mol. The highest BCUT2D eigenvalue weighted by Crippen LogP contribution is 2.26. The van der Waals surface area contributed by atoms with Crippen molar-refractivity contribution in [1.82, 2.24) is 10.6 Å². The number of hydrogen-bond donors (Lipinski definition) is 2. The zero-order valence-corrected chi connectivity index (χ0v) is 11.6. The molecule has 2 N–H and O–H groups in total. The minimum atomic E-state index is 0.0823. The number of carbonyl (C=O) groups is 1. The molecule has 0 spiro atoms. The van der Waals surface area contributed by atoms with Gasteiger partial charge in [-0.15, -0.1) is 0 Å². The SMILES string of the molecule is CCNCC(C)C(=O)NC1CCC(CC)CC1. The second kappa shape index (κ2) is 7.70. The average molecular weight is 240 g/mol. The molecule has 0 aromatic rings. The van der Waals surface area contributed by atoms with Crippen LogP contribution in [-0.2, 0) is 4.79 Å². The Hall–Kier alpha value is -0.570. The highest BCUT2D eigenvalue weighted by Gasteiger charge is 2.22. The van der Waals surface area contributed by atoms with Crippen LogP contribution in [0.3, 0.4) is 0 Å². The summed E-state index contributed by atoms with van der Waals surface area (Å²) in [6.07, 6.45) is 6.18. The highest BCUT2D eigenvalue weighted by atomic mass is 16.1. The smallest absolute Gasteiger partial charge is 0.224 e. The molecule has 1 aliphatic carbocycles. The molecular weight excluding hydrogens is 212 g/mol. The fourth-order valence-electron chi connectivity index (χ4n) is 2.51. The molecule has 0 aromatic heterocycles. The summed E-state index contributed by atoms with van der Waals surface area (Å²) >= 11 is 0. The van der Waals surface area contributed by atoms with E-state index in [0.29, 0.717) is 6.04 Å². The second-order valence-corrected chi connectivity index (χ2v) is 5.34. The van der Waals surface area contributed by atoms with Gasteiger partial charge in [-0.25, -0.2) is 0 Å². The molecule has 1 saturated carbocycles. The zero-order valence-electron chi connectivity index (χ0n) is 11.6. The molecular formula is C14H28N2O. The maximum absolute atomic E-state index is 11.9. The molecule has 1 amide bonds. The number of carbonyl (C=O) groups excluding carboxylic acids is 1. The van der Waals surface area contributed by atoms with E-state index in [1.807, 2.05) is 6.92 Å². The number of amides is 1. The number of hydrogen-bond acceptors (Lipinski definition) is 2. The van der Waals surface area contributed by atoms with Crippen LogP contribution in [0.1, 0.15) is 52.9 Å². The van der Waals surface area contributed by atoms with Gasteiger partial charge in [-0.05, 0) is 38.1 Å². The van der Waals surface area contributed by atoms with Gasteiger partial charge < -0.3 is 10.6 Å². The fourth-order valence-corrected chi connectivity index (χ4v) is 2.51. The summed E-state index contributed by atoms with van der Waals surface area (Å²) in [4.78, 5) is 11.9. The van der Waals surface area contributed by atoms with E-state index >= 15 is 0 Å². The number of nitrogens with one attached hydrogen (secondary N) is 2. The first kappa shape index (κ1) is 14.5. The Labute approximate surface area is 106 Å². The first-order valence-electron chi connectivity index (χ1n) is 7.18. The van der Waals surface area contributed by atoms with Crippen LogP contribution in [0.5, 0.6) is 0 Å². The lowest BCUT2D eigenvalue weighted by Gasteiger charge is -2.29. The van der Waals surface area contributed by atoms with Crippen LogP contribution < -0.4 is 10.6 Å². The van der Waals surface area contributed by atoms with Crippen LogP contribution in [0, 0.1) is 11.8 Å². The van der Waals surface area contributed by atoms with E-state index in [4.69, 9.17) is 0 Å². The summed E-state index contributed by atoms with van der Waals surface area (Å²) in [5.74, 6) is 1.19. The van der Waals surface area contributed by atoms with E-state index in [1.54, 1.807) is 0 Å². The molecule has 0 radical (unpaired) electrons. The van der Waals surface area contributed by atoms with Crippen molar-refractivity contribution in [3.8, 4) is 0 Å². The van der Waals surface area contributed by atoms with Gasteiger partial charge in [-0.3, -0.25) is 4.79 Å². The highest BCUT2D eigenvalue weighted by molar-refractivity contribution is 5.78. The van der Waals surface area contributed by atoms with Gasteiger partial charge in [0.05, 0.1) is 0 Å². The molecule has 3 nitrogen and oxygen atoms in total. The Balaban J connectivity index is 2.22. The van der Waals surface area contributed by atoms with Gasteiger partial charge in [0.1, 0.15) is 0 Å². The third kappa shape index (κ3) is 5.07. The van der Waals surface area contributed by atoms with Crippen LogP contribution in [0.25, 0.3) is 0 Å². The summed E-state index contributed by atoms with van der Waals surface area (Å²) < 4.78 is 0. The molecule has 0 aliphatic heterocycles. The topological polar surface area (TPSA) is 41.1 Å². The summed E-state index contributed by atoms with van der Waals surface area (Å²) in [6.45, 7) is 8.04. The third-order valence-electron chi connectivity index (χ3n) is 3.92. The van der Waals surface area contributed by atoms with Crippen LogP contribution in [0.15, 0.2) is 0 Å². The molecule has 1 aliphatic rings. The first-order chi connectivity index (χ1) is 8.17. The zero-order chi connectivity index (χ0) is 12.7. The van der Waals surface area contributed by atoms with Crippen LogP contribution >= 0.6 is 0 Å². The van der Waals surface area contributed by atoms with Gasteiger partial charge in [-0.1, -0.05) is 27.2 Å². The van der Waals surface area contributed by atoms with Crippen molar-refractivity contribution >= 4 is 5.91 Å². The molecule has 1 unspecified atom stereocenters. The quantitative estimate of drug-likeness (QED) is 0.748. The standard InChI is InChI=1S/C14H28N2O/c1-4-12-6-8-13(9-7-12)16-14(17)11(3)10-15-5-2/h11-13,15H,4-10H2,1-3H3,(H,16,17). The van der Waals surface area contributed by atoms with Crippen LogP contribution in [0.2, 0.25) is 0 Å². The molecule has 100 valence electrons. The van der Waals surface area contributed by atoms with Crippen molar-refractivity contribution in [3.05, 3.63) is 0 Å². The third-order valence-corrected chi connectivity index (χ3v) is 3.92. The van der Waals surface area contributed by atoms with Gasteiger partial charge in [0.15, 0.2) is 0 Å². The maximum atomic E-state index is 11.9. The molecule has 0 heterocycles.